The molecule has 0 fully saturated rings. The van der Waals surface area contributed by atoms with Crippen LogP contribution >= 0.6 is 20.6 Å². The fourth-order valence-electron chi connectivity index (χ4n) is 2.95. The molecule has 0 amide bonds. The smallest absolute Gasteiger partial charge is 0.0995 e. The van der Waals surface area contributed by atoms with Crippen molar-refractivity contribution in [3.8, 4) is 0 Å². The lowest BCUT2D eigenvalue weighted by atomic mass is 10.4. The zero-order valence-electron chi connectivity index (χ0n) is 14.1. The van der Waals surface area contributed by atoms with E-state index in [1.54, 1.807) is 0 Å². The van der Waals surface area contributed by atoms with Gasteiger partial charge in [-0.15, -0.1) is 0 Å². The Morgan fingerprint density at radius 2 is 1.04 bits per heavy atom. The predicted molar refractivity (Wildman–Crippen MR) is 115 cm³/mol. The van der Waals surface area contributed by atoms with Gasteiger partial charge in [0.1, 0.15) is 0 Å². The number of thiol groups is 1. The van der Waals surface area contributed by atoms with E-state index < -0.39 is 16.0 Å². The highest BCUT2D eigenvalue weighted by Crippen LogP contribution is 2.45. The average molecular weight is 367 g/mol. The topological polar surface area (TPSA) is 0 Å². The van der Waals surface area contributed by atoms with Crippen molar-refractivity contribution in [2.45, 2.75) is 17.7 Å². The Hall–Kier alpha value is -1.34. The highest BCUT2D eigenvalue weighted by Gasteiger charge is 2.37. The molecule has 0 radical (unpaired) electrons. The van der Waals surface area contributed by atoms with Gasteiger partial charge >= 0.3 is 0 Å². The summed E-state index contributed by atoms with van der Waals surface area (Å²) in [5.74, 6) is 0. The maximum absolute atomic E-state index is 5.23. The molecule has 0 saturated carbocycles. The maximum atomic E-state index is 5.23. The monoisotopic (exact) mass is 366 g/mol. The van der Waals surface area contributed by atoms with E-state index in [0.717, 1.165) is 0 Å². The summed E-state index contributed by atoms with van der Waals surface area (Å²) in [6, 6.07) is 32.8. The van der Waals surface area contributed by atoms with Crippen molar-refractivity contribution in [1.82, 2.24) is 0 Å². The standard InChI is InChI=1S/C21H23PSSi/c1-24(2,20-16-10-5-11-17-20)21(23)22(18-12-6-3-7-13-18)19-14-8-4-9-15-19/h3-17,21,23H,1-2H3. The van der Waals surface area contributed by atoms with Gasteiger partial charge in [-0.2, -0.15) is 12.6 Å². The van der Waals surface area contributed by atoms with Gasteiger partial charge in [-0.25, -0.2) is 0 Å². The van der Waals surface area contributed by atoms with Gasteiger partial charge in [-0.05, 0) is 18.5 Å². The van der Waals surface area contributed by atoms with E-state index in [2.05, 4.69) is 104 Å². The van der Waals surface area contributed by atoms with Gasteiger partial charge in [-0.3, -0.25) is 0 Å². The van der Waals surface area contributed by atoms with E-state index in [-0.39, 0.29) is 0 Å². The van der Waals surface area contributed by atoms with Crippen LogP contribution in [0, 0.1) is 0 Å². The molecule has 0 aliphatic carbocycles. The first-order valence-electron chi connectivity index (χ1n) is 8.23. The van der Waals surface area contributed by atoms with Crippen molar-refractivity contribution >= 4 is 44.4 Å². The van der Waals surface area contributed by atoms with Crippen molar-refractivity contribution in [3.05, 3.63) is 91.0 Å². The molecule has 0 spiro atoms. The lowest BCUT2D eigenvalue weighted by Gasteiger charge is -2.36. The molecule has 0 bridgehead atoms. The van der Waals surface area contributed by atoms with Crippen molar-refractivity contribution in [1.29, 1.82) is 0 Å². The molecule has 0 aliphatic rings. The minimum absolute atomic E-state index is 0.361. The minimum Gasteiger partial charge on any atom is -0.173 e. The number of hydrogen-bond acceptors (Lipinski definition) is 1. The van der Waals surface area contributed by atoms with Gasteiger partial charge in [0.05, 0.1) is 8.07 Å². The van der Waals surface area contributed by atoms with Gasteiger partial charge < -0.3 is 0 Å². The highest BCUT2D eigenvalue weighted by atomic mass is 32.1. The third kappa shape index (κ3) is 3.67. The molecule has 24 heavy (non-hydrogen) atoms. The second-order valence-corrected chi connectivity index (χ2v) is 15.3. The average Bonchev–Trinajstić information content (AvgIpc) is 2.64. The Morgan fingerprint density at radius 3 is 1.46 bits per heavy atom. The van der Waals surface area contributed by atoms with Crippen LogP contribution in [0.1, 0.15) is 0 Å². The molecule has 1 atom stereocenters. The molecule has 1 unspecified atom stereocenters. The fourth-order valence-corrected chi connectivity index (χ4v) is 11.3. The minimum atomic E-state index is -1.72. The summed E-state index contributed by atoms with van der Waals surface area (Å²) < 4.78 is 0.361. The van der Waals surface area contributed by atoms with Crippen LogP contribution in [-0.4, -0.2) is 12.7 Å². The van der Waals surface area contributed by atoms with Crippen molar-refractivity contribution in [2.75, 3.05) is 0 Å². The Bertz CT molecular complexity index is 720. The van der Waals surface area contributed by atoms with Gasteiger partial charge in [0.15, 0.2) is 0 Å². The Balaban J connectivity index is 2.06. The largest absolute Gasteiger partial charge is 0.173 e. The molecule has 122 valence electrons. The Morgan fingerprint density at radius 1 is 0.667 bits per heavy atom. The third-order valence-corrected chi connectivity index (χ3v) is 15.1. The van der Waals surface area contributed by atoms with Crippen LogP contribution in [0.15, 0.2) is 91.0 Å². The second kappa shape index (κ2) is 7.69. The van der Waals surface area contributed by atoms with Crippen LogP contribution in [0.4, 0.5) is 0 Å². The summed E-state index contributed by atoms with van der Waals surface area (Å²) >= 11 is 5.23. The summed E-state index contributed by atoms with van der Waals surface area (Å²) in [6.45, 7) is 4.89. The van der Waals surface area contributed by atoms with Gasteiger partial charge in [0.25, 0.3) is 0 Å². The second-order valence-electron chi connectivity index (χ2n) is 6.50. The molecule has 0 nitrogen and oxygen atoms in total. The molecule has 0 aliphatic heterocycles. The molecule has 3 aromatic carbocycles. The quantitative estimate of drug-likeness (QED) is 0.383. The summed E-state index contributed by atoms with van der Waals surface area (Å²) in [5, 5.41) is 4.30. The molecule has 3 rings (SSSR count). The van der Waals surface area contributed by atoms with Crippen LogP contribution in [0.5, 0.6) is 0 Å². The third-order valence-electron chi connectivity index (χ3n) is 4.48. The van der Waals surface area contributed by atoms with E-state index >= 15 is 0 Å². The van der Waals surface area contributed by atoms with E-state index in [4.69, 9.17) is 12.6 Å². The van der Waals surface area contributed by atoms with Crippen molar-refractivity contribution in [2.24, 2.45) is 0 Å². The van der Waals surface area contributed by atoms with Crippen LogP contribution in [0.3, 0.4) is 0 Å². The number of benzene rings is 3. The lowest BCUT2D eigenvalue weighted by Crippen LogP contribution is -2.51. The normalized spacial score (nSPS) is 13.0. The SMILES string of the molecule is C[Si](C)(c1ccccc1)C(S)P(c1ccccc1)c1ccccc1. The van der Waals surface area contributed by atoms with Crippen LogP contribution < -0.4 is 15.8 Å². The van der Waals surface area contributed by atoms with Gasteiger partial charge in [-0.1, -0.05) is 109 Å². The summed E-state index contributed by atoms with van der Waals surface area (Å²) in [5.41, 5.74) is 0. The molecule has 0 N–H and O–H groups in total. The zero-order valence-corrected chi connectivity index (χ0v) is 16.9. The molecular weight excluding hydrogens is 343 g/mol. The predicted octanol–water partition coefficient (Wildman–Crippen LogP) is 4.53. The zero-order chi connectivity index (χ0) is 17.0. The van der Waals surface area contributed by atoms with E-state index in [9.17, 15) is 0 Å². The molecule has 3 aromatic rings. The first-order chi connectivity index (χ1) is 11.6. The van der Waals surface area contributed by atoms with Crippen molar-refractivity contribution in [3.63, 3.8) is 0 Å². The Kier molecular flexibility index (Phi) is 5.60. The highest BCUT2D eigenvalue weighted by molar-refractivity contribution is 7.98. The molecule has 0 aromatic heterocycles. The van der Waals surface area contributed by atoms with Crippen LogP contribution in [0.25, 0.3) is 0 Å². The van der Waals surface area contributed by atoms with Gasteiger partial charge in [0, 0.05) is 4.61 Å². The lowest BCUT2D eigenvalue weighted by molar-refractivity contribution is 1.61. The Labute approximate surface area is 153 Å². The molecule has 0 saturated heterocycles. The summed E-state index contributed by atoms with van der Waals surface area (Å²) in [4.78, 5) is 0. The fraction of sp³-hybridized carbons (Fsp3) is 0.143. The van der Waals surface area contributed by atoms with E-state index in [1.165, 1.54) is 15.8 Å². The number of rotatable bonds is 5. The van der Waals surface area contributed by atoms with E-state index in [1.807, 2.05) is 0 Å². The molecule has 3 heteroatoms. The first-order valence-corrected chi connectivity index (χ1v) is 13.2. The van der Waals surface area contributed by atoms with Crippen molar-refractivity contribution < 1.29 is 0 Å². The molecule has 0 heterocycles. The van der Waals surface area contributed by atoms with E-state index in [0.29, 0.717) is 4.61 Å². The maximum Gasteiger partial charge on any atom is 0.0995 e. The first kappa shape index (κ1) is 17.5. The molecular formula is C21H23PSSi. The summed E-state index contributed by atoms with van der Waals surface area (Å²) in [7, 11) is -2.22. The van der Waals surface area contributed by atoms with Crippen LogP contribution in [-0.2, 0) is 0 Å². The summed E-state index contributed by atoms with van der Waals surface area (Å²) in [6.07, 6.45) is 0. The number of hydrogen-bond donors (Lipinski definition) is 1. The van der Waals surface area contributed by atoms with Crippen LogP contribution in [0.2, 0.25) is 13.1 Å². The van der Waals surface area contributed by atoms with Gasteiger partial charge in [0.2, 0.25) is 0 Å².